The summed E-state index contributed by atoms with van der Waals surface area (Å²) in [5, 5.41) is 20.6. The lowest BCUT2D eigenvalue weighted by molar-refractivity contribution is -0.384. The predicted molar refractivity (Wildman–Crippen MR) is 153 cm³/mol. The van der Waals surface area contributed by atoms with Crippen molar-refractivity contribution in [2.75, 3.05) is 6.54 Å². The number of carboxylic acid groups (broad SMARTS) is 1. The van der Waals surface area contributed by atoms with Gasteiger partial charge in [-0.05, 0) is 104 Å². The number of likely N-dealkylation sites (N-methyl/N-ethyl adjacent to an activating group) is 1. The van der Waals surface area contributed by atoms with Crippen LogP contribution in [0.5, 0.6) is 5.75 Å². The first-order valence-electron chi connectivity index (χ1n) is 11.1. The molecule has 0 unspecified atom stereocenters. The lowest BCUT2D eigenvalue weighted by Gasteiger charge is -2.12. The second-order valence-electron chi connectivity index (χ2n) is 7.94. The number of halogens is 2. The van der Waals surface area contributed by atoms with E-state index >= 15 is 0 Å². The number of hydrogen-bond donors (Lipinski definition) is 1. The van der Waals surface area contributed by atoms with Crippen LogP contribution < -0.4 is 4.74 Å². The molecule has 1 aliphatic heterocycles. The fraction of sp³-hybridized carbons (Fsp3) is 0.115. The van der Waals surface area contributed by atoms with Crippen molar-refractivity contribution in [2.45, 2.75) is 13.5 Å². The number of nitro benzene ring substituents is 1. The number of nitrogens with zero attached hydrogens (tertiary/aromatic N) is 3. The zero-order valence-corrected chi connectivity index (χ0v) is 23.7. The number of rotatable bonds is 8. The molecule has 1 saturated heterocycles. The van der Waals surface area contributed by atoms with Crippen molar-refractivity contribution in [3.05, 3.63) is 101 Å². The van der Waals surface area contributed by atoms with E-state index in [-0.39, 0.29) is 23.8 Å². The van der Waals surface area contributed by atoms with Crippen molar-refractivity contribution in [3.8, 4) is 5.75 Å². The molecule has 1 aliphatic rings. The Labute approximate surface area is 238 Å². The van der Waals surface area contributed by atoms with E-state index in [9.17, 15) is 19.7 Å². The third-order valence-electron chi connectivity index (χ3n) is 5.37. The minimum absolute atomic E-state index is 0.00811. The lowest BCUT2D eigenvalue weighted by atomic mass is 10.2. The third-order valence-corrected chi connectivity index (χ3v) is 7.55. The zero-order chi connectivity index (χ0) is 27.4. The molecule has 0 spiro atoms. The van der Waals surface area contributed by atoms with Gasteiger partial charge in [-0.2, -0.15) is 0 Å². The molecule has 0 bridgehead atoms. The Morgan fingerprint density at radius 1 is 1.16 bits per heavy atom. The molecule has 1 heterocycles. The summed E-state index contributed by atoms with van der Waals surface area (Å²) >= 11 is 8.26. The average molecular weight is 661 g/mol. The van der Waals surface area contributed by atoms with E-state index in [1.807, 2.05) is 19.1 Å². The number of nitro groups is 1. The Morgan fingerprint density at radius 3 is 2.45 bits per heavy atom. The maximum Gasteiger partial charge on any atom is 0.335 e. The maximum atomic E-state index is 13.0. The highest BCUT2D eigenvalue weighted by atomic mass is 79.9. The summed E-state index contributed by atoms with van der Waals surface area (Å²) in [5.41, 5.74) is 2.09. The number of non-ortho nitro benzene ring substituents is 1. The molecule has 9 nitrogen and oxygen atoms in total. The number of aromatic carboxylic acids is 1. The van der Waals surface area contributed by atoms with Gasteiger partial charge < -0.3 is 9.84 Å². The second kappa shape index (κ2) is 11.9. The van der Waals surface area contributed by atoms with Crippen molar-refractivity contribution >= 4 is 78.1 Å². The summed E-state index contributed by atoms with van der Waals surface area (Å²) in [6, 6.07) is 16.0. The van der Waals surface area contributed by atoms with Gasteiger partial charge in [0, 0.05) is 18.7 Å². The minimum Gasteiger partial charge on any atom is -0.487 e. The van der Waals surface area contributed by atoms with Crippen LogP contribution in [0.2, 0.25) is 0 Å². The zero-order valence-electron chi connectivity index (χ0n) is 19.8. The molecule has 1 amide bonds. The van der Waals surface area contributed by atoms with E-state index in [1.54, 1.807) is 35.2 Å². The van der Waals surface area contributed by atoms with E-state index in [4.69, 9.17) is 9.84 Å². The molecule has 4 rings (SSSR count). The molecular weight excluding hydrogens is 642 g/mol. The van der Waals surface area contributed by atoms with Crippen molar-refractivity contribution < 1.29 is 24.4 Å². The quantitative estimate of drug-likeness (QED) is 0.156. The SMILES string of the molecule is CCN1C(=O)/C(=C/c2cc(Br)c(OCc3cccc([N+](=O)[O-])c3)c(Br)c2)SC1=Nc1ccc(C(=O)O)cc1. The van der Waals surface area contributed by atoms with Gasteiger partial charge in [-0.15, -0.1) is 0 Å². The van der Waals surface area contributed by atoms with Crippen molar-refractivity contribution in [1.29, 1.82) is 0 Å². The molecule has 3 aromatic carbocycles. The van der Waals surface area contributed by atoms with Gasteiger partial charge in [-0.1, -0.05) is 12.1 Å². The van der Waals surface area contributed by atoms with E-state index < -0.39 is 10.9 Å². The number of ether oxygens (including phenoxy) is 1. The monoisotopic (exact) mass is 659 g/mol. The van der Waals surface area contributed by atoms with Gasteiger partial charge in [0.1, 0.15) is 12.4 Å². The highest BCUT2D eigenvalue weighted by molar-refractivity contribution is 9.11. The van der Waals surface area contributed by atoms with Crippen LogP contribution in [-0.4, -0.2) is 38.5 Å². The number of amidine groups is 1. The number of hydrogen-bond acceptors (Lipinski definition) is 7. The molecular formula is C26H19Br2N3O6S. The molecule has 0 atom stereocenters. The first kappa shape index (κ1) is 27.6. The van der Waals surface area contributed by atoms with Crippen LogP contribution in [0.15, 0.2) is 79.5 Å². The normalized spacial score (nSPS) is 15.3. The lowest BCUT2D eigenvalue weighted by Crippen LogP contribution is -2.28. The van der Waals surface area contributed by atoms with Crippen molar-refractivity contribution in [3.63, 3.8) is 0 Å². The molecule has 0 saturated carbocycles. The molecule has 0 radical (unpaired) electrons. The highest BCUT2D eigenvalue weighted by Crippen LogP contribution is 2.38. The second-order valence-corrected chi connectivity index (χ2v) is 10.7. The summed E-state index contributed by atoms with van der Waals surface area (Å²) in [6.45, 7) is 2.41. The fourth-order valence-corrected chi connectivity index (χ4v) is 6.04. The van der Waals surface area contributed by atoms with Crippen LogP contribution >= 0.6 is 43.6 Å². The molecule has 0 aliphatic carbocycles. The molecule has 0 aromatic heterocycles. The number of carboxylic acids is 1. The summed E-state index contributed by atoms with van der Waals surface area (Å²) < 4.78 is 7.18. The van der Waals surface area contributed by atoms with Gasteiger partial charge in [0.25, 0.3) is 11.6 Å². The van der Waals surface area contributed by atoms with Gasteiger partial charge in [0.05, 0.1) is 30.0 Å². The molecule has 194 valence electrons. The van der Waals surface area contributed by atoms with Crippen LogP contribution in [0, 0.1) is 10.1 Å². The molecule has 12 heteroatoms. The topological polar surface area (TPSA) is 122 Å². The van der Waals surface area contributed by atoms with E-state index in [0.29, 0.717) is 42.6 Å². The van der Waals surface area contributed by atoms with Gasteiger partial charge in [0.2, 0.25) is 0 Å². The number of carbonyl (C=O) groups is 2. The van der Waals surface area contributed by atoms with Gasteiger partial charge >= 0.3 is 5.97 Å². The fourth-order valence-electron chi connectivity index (χ4n) is 3.53. The van der Waals surface area contributed by atoms with E-state index in [2.05, 4.69) is 36.9 Å². The smallest absolute Gasteiger partial charge is 0.335 e. The van der Waals surface area contributed by atoms with Crippen LogP contribution in [-0.2, 0) is 11.4 Å². The Bertz CT molecular complexity index is 1470. The number of thioether (sulfide) groups is 1. The standard InChI is InChI=1S/C26H19Br2N3O6S/c1-2-30-24(32)22(38-26(30)29-18-8-6-17(7-9-18)25(33)34)13-16-11-20(27)23(21(28)12-16)37-14-15-4-3-5-19(10-15)31(35)36/h3-13H,2,14H2,1H3,(H,33,34)/b22-13-,29-26?. The average Bonchev–Trinajstić information content (AvgIpc) is 3.17. The third kappa shape index (κ3) is 6.32. The maximum absolute atomic E-state index is 13.0. The number of aliphatic imine (C=N–C) groups is 1. The molecule has 3 aromatic rings. The van der Waals surface area contributed by atoms with Crippen LogP contribution in [0.25, 0.3) is 6.08 Å². The first-order chi connectivity index (χ1) is 18.2. The Kier molecular flexibility index (Phi) is 8.65. The number of carbonyl (C=O) groups excluding carboxylic acids is 1. The van der Waals surface area contributed by atoms with Crippen molar-refractivity contribution in [2.24, 2.45) is 4.99 Å². The molecule has 1 N–H and O–H groups in total. The van der Waals surface area contributed by atoms with E-state index in [1.165, 1.54) is 36.0 Å². The summed E-state index contributed by atoms with van der Waals surface area (Å²) in [5.74, 6) is -0.684. The molecule has 38 heavy (non-hydrogen) atoms. The minimum atomic E-state index is -1.02. The highest BCUT2D eigenvalue weighted by Gasteiger charge is 2.32. The largest absolute Gasteiger partial charge is 0.487 e. The first-order valence-corrected chi connectivity index (χ1v) is 13.5. The van der Waals surface area contributed by atoms with E-state index in [0.717, 1.165) is 5.56 Å². The summed E-state index contributed by atoms with van der Waals surface area (Å²) in [4.78, 5) is 41.3. The Balaban J connectivity index is 1.54. The van der Waals surface area contributed by atoms with Crippen LogP contribution in [0.1, 0.15) is 28.4 Å². The summed E-state index contributed by atoms with van der Waals surface area (Å²) in [7, 11) is 0. The van der Waals surface area contributed by atoms with Crippen LogP contribution in [0.3, 0.4) is 0 Å². The Morgan fingerprint density at radius 2 is 1.84 bits per heavy atom. The predicted octanol–water partition coefficient (Wildman–Crippen LogP) is 7.02. The Hall–Kier alpha value is -3.48. The van der Waals surface area contributed by atoms with Gasteiger partial charge in [0.15, 0.2) is 5.17 Å². The summed E-state index contributed by atoms with van der Waals surface area (Å²) in [6.07, 6.45) is 1.76. The van der Waals surface area contributed by atoms with Crippen molar-refractivity contribution in [1.82, 2.24) is 4.90 Å². The van der Waals surface area contributed by atoms with Gasteiger partial charge in [-0.3, -0.25) is 19.8 Å². The van der Waals surface area contributed by atoms with Gasteiger partial charge in [-0.25, -0.2) is 9.79 Å². The van der Waals surface area contributed by atoms with Crippen LogP contribution in [0.4, 0.5) is 11.4 Å². The molecule has 1 fully saturated rings. The number of benzene rings is 3. The number of amides is 1.